The number of benzene rings is 1. The van der Waals surface area contributed by atoms with Crippen LogP contribution in [0.5, 0.6) is 0 Å². The Morgan fingerprint density at radius 2 is 2.10 bits per heavy atom. The van der Waals surface area contributed by atoms with E-state index in [0.717, 1.165) is 17.9 Å². The van der Waals surface area contributed by atoms with Gasteiger partial charge in [-0.25, -0.2) is 0 Å². The summed E-state index contributed by atoms with van der Waals surface area (Å²) in [6.45, 7) is 10.5. The fourth-order valence-electron chi connectivity index (χ4n) is 3.72. The Balaban J connectivity index is 1.61. The van der Waals surface area contributed by atoms with Crippen LogP contribution < -0.4 is 5.32 Å². The van der Waals surface area contributed by atoms with E-state index < -0.39 is 0 Å². The smallest absolute Gasteiger partial charge is 0.0244 e. The molecule has 2 unspecified atom stereocenters. The largest absolute Gasteiger partial charge is 0.311 e. The van der Waals surface area contributed by atoms with Gasteiger partial charge in [-0.3, -0.25) is 4.90 Å². The van der Waals surface area contributed by atoms with E-state index in [9.17, 15) is 0 Å². The van der Waals surface area contributed by atoms with Crippen molar-refractivity contribution in [1.29, 1.82) is 0 Å². The maximum absolute atomic E-state index is 3.81. The molecule has 0 amide bonds. The normalized spacial score (nSPS) is 27.2. The number of aryl methyl sites for hydroxylation is 1. The van der Waals surface area contributed by atoms with Crippen molar-refractivity contribution in [2.45, 2.75) is 52.1 Å². The third-order valence-electron chi connectivity index (χ3n) is 5.22. The molecule has 2 nitrogen and oxygen atoms in total. The van der Waals surface area contributed by atoms with E-state index in [4.69, 9.17) is 0 Å². The zero-order valence-electron chi connectivity index (χ0n) is 13.8. The van der Waals surface area contributed by atoms with Gasteiger partial charge in [0.25, 0.3) is 0 Å². The maximum atomic E-state index is 3.81. The molecule has 0 aromatic heterocycles. The summed E-state index contributed by atoms with van der Waals surface area (Å²) < 4.78 is 0. The standard InChI is InChI=1S/C19H30N2/c1-14(2)19-12-20-18(17-7-8-17)13-21(19)10-9-16-6-4-5-15(3)11-16/h4-6,11,14,17-20H,7-10,12-13H2,1-3H3. The van der Waals surface area contributed by atoms with Crippen molar-refractivity contribution < 1.29 is 0 Å². The lowest BCUT2D eigenvalue weighted by Crippen LogP contribution is -2.59. The lowest BCUT2D eigenvalue weighted by atomic mass is 9.96. The predicted molar refractivity (Wildman–Crippen MR) is 89.6 cm³/mol. The highest BCUT2D eigenvalue weighted by atomic mass is 15.2. The second-order valence-corrected chi connectivity index (χ2v) is 7.40. The summed E-state index contributed by atoms with van der Waals surface area (Å²) in [6, 6.07) is 10.4. The second-order valence-electron chi connectivity index (χ2n) is 7.40. The topological polar surface area (TPSA) is 15.3 Å². The van der Waals surface area contributed by atoms with Crippen LogP contribution in [0.1, 0.15) is 37.8 Å². The molecule has 1 saturated carbocycles. The van der Waals surface area contributed by atoms with Gasteiger partial charge in [-0.1, -0.05) is 43.7 Å². The van der Waals surface area contributed by atoms with Crippen molar-refractivity contribution in [3.63, 3.8) is 0 Å². The first-order valence-corrected chi connectivity index (χ1v) is 8.66. The summed E-state index contributed by atoms with van der Waals surface area (Å²) in [5.41, 5.74) is 2.86. The van der Waals surface area contributed by atoms with E-state index in [1.54, 1.807) is 0 Å². The molecule has 2 heteroatoms. The molecule has 1 heterocycles. The lowest BCUT2D eigenvalue weighted by Gasteiger charge is -2.42. The molecule has 1 aliphatic carbocycles. The van der Waals surface area contributed by atoms with Crippen LogP contribution in [0, 0.1) is 18.8 Å². The SMILES string of the molecule is Cc1cccc(CCN2CC(C3CC3)NCC2C(C)C)c1. The number of hydrogen-bond acceptors (Lipinski definition) is 2. The Morgan fingerprint density at radius 3 is 2.76 bits per heavy atom. The molecule has 2 aliphatic rings. The molecule has 2 atom stereocenters. The van der Waals surface area contributed by atoms with Gasteiger partial charge in [0, 0.05) is 31.7 Å². The summed E-state index contributed by atoms with van der Waals surface area (Å²) >= 11 is 0. The van der Waals surface area contributed by atoms with Crippen LogP contribution in [-0.4, -0.2) is 36.6 Å². The second kappa shape index (κ2) is 6.50. The van der Waals surface area contributed by atoms with Gasteiger partial charge in [0.05, 0.1) is 0 Å². The van der Waals surface area contributed by atoms with Gasteiger partial charge in [-0.15, -0.1) is 0 Å². The number of nitrogens with zero attached hydrogens (tertiary/aromatic N) is 1. The number of rotatable bonds is 5. The van der Waals surface area contributed by atoms with Crippen LogP contribution in [0.4, 0.5) is 0 Å². The van der Waals surface area contributed by atoms with E-state index in [-0.39, 0.29) is 0 Å². The van der Waals surface area contributed by atoms with E-state index in [1.165, 1.54) is 50.0 Å². The minimum Gasteiger partial charge on any atom is -0.311 e. The fourth-order valence-corrected chi connectivity index (χ4v) is 3.72. The van der Waals surface area contributed by atoms with Gasteiger partial charge in [0.15, 0.2) is 0 Å². The highest BCUT2D eigenvalue weighted by Gasteiger charge is 2.37. The highest BCUT2D eigenvalue weighted by molar-refractivity contribution is 5.22. The first-order valence-electron chi connectivity index (χ1n) is 8.66. The number of nitrogens with one attached hydrogen (secondary N) is 1. The van der Waals surface area contributed by atoms with Gasteiger partial charge in [-0.05, 0) is 43.6 Å². The summed E-state index contributed by atoms with van der Waals surface area (Å²) in [4.78, 5) is 2.76. The molecule has 1 aromatic carbocycles. The van der Waals surface area contributed by atoms with E-state index in [0.29, 0.717) is 6.04 Å². The lowest BCUT2D eigenvalue weighted by molar-refractivity contribution is 0.0935. The van der Waals surface area contributed by atoms with Crippen LogP contribution in [0.25, 0.3) is 0 Å². The summed E-state index contributed by atoms with van der Waals surface area (Å²) in [7, 11) is 0. The molecule has 1 aromatic rings. The Kier molecular flexibility index (Phi) is 4.66. The monoisotopic (exact) mass is 286 g/mol. The first-order chi connectivity index (χ1) is 10.1. The molecule has 0 bridgehead atoms. The molecule has 0 radical (unpaired) electrons. The average Bonchev–Trinajstić information content (AvgIpc) is 3.29. The fraction of sp³-hybridized carbons (Fsp3) is 0.684. The van der Waals surface area contributed by atoms with E-state index in [1.807, 2.05) is 0 Å². The third-order valence-corrected chi connectivity index (χ3v) is 5.22. The van der Waals surface area contributed by atoms with E-state index >= 15 is 0 Å². The van der Waals surface area contributed by atoms with Crippen LogP contribution in [0.15, 0.2) is 24.3 Å². The summed E-state index contributed by atoms with van der Waals surface area (Å²) in [6.07, 6.45) is 4.06. The molecule has 1 N–H and O–H groups in total. The minimum atomic E-state index is 0.699. The molecule has 21 heavy (non-hydrogen) atoms. The third kappa shape index (κ3) is 3.87. The summed E-state index contributed by atoms with van der Waals surface area (Å²) in [5, 5.41) is 3.81. The first kappa shape index (κ1) is 15.1. The van der Waals surface area contributed by atoms with Gasteiger partial charge in [0.2, 0.25) is 0 Å². The van der Waals surface area contributed by atoms with Gasteiger partial charge in [0.1, 0.15) is 0 Å². The van der Waals surface area contributed by atoms with Crippen LogP contribution in [0.2, 0.25) is 0 Å². The summed E-state index contributed by atoms with van der Waals surface area (Å²) in [5.74, 6) is 1.69. The Labute approximate surface area is 129 Å². The molecular formula is C19H30N2. The molecule has 0 spiro atoms. The van der Waals surface area contributed by atoms with Crippen LogP contribution >= 0.6 is 0 Å². The molecule has 1 aliphatic heterocycles. The van der Waals surface area contributed by atoms with Crippen LogP contribution in [-0.2, 0) is 6.42 Å². The van der Waals surface area contributed by atoms with Crippen molar-refractivity contribution in [3.05, 3.63) is 35.4 Å². The van der Waals surface area contributed by atoms with Crippen molar-refractivity contribution in [1.82, 2.24) is 10.2 Å². The zero-order chi connectivity index (χ0) is 14.8. The van der Waals surface area contributed by atoms with Crippen molar-refractivity contribution in [3.8, 4) is 0 Å². The van der Waals surface area contributed by atoms with Crippen molar-refractivity contribution in [2.75, 3.05) is 19.6 Å². The van der Waals surface area contributed by atoms with Crippen LogP contribution in [0.3, 0.4) is 0 Å². The zero-order valence-corrected chi connectivity index (χ0v) is 13.8. The quantitative estimate of drug-likeness (QED) is 0.894. The molecule has 1 saturated heterocycles. The van der Waals surface area contributed by atoms with Crippen molar-refractivity contribution in [2.24, 2.45) is 11.8 Å². The molecule has 3 rings (SSSR count). The van der Waals surface area contributed by atoms with Gasteiger partial charge < -0.3 is 5.32 Å². The average molecular weight is 286 g/mol. The maximum Gasteiger partial charge on any atom is 0.0244 e. The number of hydrogen-bond donors (Lipinski definition) is 1. The minimum absolute atomic E-state index is 0.699. The highest BCUT2D eigenvalue weighted by Crippen LogP contribution is 2.34. The Hall–Kier alpha value is -0.860. The van der Waals surface area contributed by atoms with Gasteiger partial charge in [-0.2, -0.15) is 0 Å². The Bertz CT molecular complexity index is 464. The molecule has 116 valence electrons. The van der Waals surface area contributed by atoms with Gasteiger partial charge >= 0.3 is 0 Å². The molecular weight excluding hydrogens is 256 g/mol. The van der Waals surface area contributed by atoms with E-state index in [2.05, 4.69) is 55.3 Å². The molecule has 2 fully saturated rings. The Morgan fingerprint density at radius 1 is 1.29 bits per heavy atom. The van der Waals surface area contributed by atoms with Crippen molar-refractivity contribution >= 4 is 0 Å². The number of piperazine rings is 1. The predicted octanol–water partition coefficient (Wildman–Crippen LogP) is 3.25.